The van der Waals surface area contributed by atoms with Gasteiger partial charge in [-0.2, -0.15) is 0 Å². The number of carbonyl (C=O) groups is 1. The number of fused-ring (bicyclic) bond motifs is 7. The summed E-state index contributed by atoms with van der Waals surface area (Å²) in [6.07, 6.45) is 5.52. The second-order valence-corrected chi connectivity index (χ2v) is 10.2. The minimum Gasteiger partial charge on any atom is -0.465 e. The van der Waals surface area contributed by atoms with Gasteiger partial charge >= 0.3 is 5.97 Å². The predicted octanol–water partition coefficient (Wildman–Crippen LogP) is 5.80. The van der Waals surface area contributed by atoms with E-state index in [4.69, 9.17) is 24.2 Å². The second-order valence-electron chi connectivity index (χ2n) is 9.14. The summed E-state index contributed by atoms with van der Waals surface area (Å²) >= 11 is 1.78. The van der Waals surface area contributed by atoms with Crippen LogP contribution in [0.5, 0.6) is 11.5 Å². The number of ether oxygens (including phenoxy) is 3. The van der Waals surface area contributed by atoms with Crippen molar-refractivity contribution in [2.45, 2.75) is 25.2 Å². The highest BCUT2D eigenvalue weighted by Gasteiger charge is 2.39. The van der Waals surface area contributed by atoms with Crippen molar-refractivity contribution in [2.24, 2.45) is 0 Å². The van der Waals surface area contributed by atoms with Gasteiger partial charge in [0, 0.05) is 28.5 Å². The van der Waals surface area contributed by atoms with E-state index in [1.807, 2.05) is 24.3 Å². The van der Waals surface area contributed by atoms with Gasteiger partial charge in [0.25, 0.3) is 0 Å². The Kier molecular flexibility index (Phi) is 4.95. The van der Waals surface area contributed by atoms with E-state index in [2.05, 4.69) is 17.5 Å². The molecule has 0 saturated carbocycles. The van der Waals surface area contributed by atoms with E-state index in [0.717, 1.165) is 52.5 Å². The van der Waals surface area contributed by atoms with Gasteiger partial charge in [-0.25, -0.2) is 14.8 Å². The topological polar surface area (TPSA) is 82.6 Å². The summed E-state index contributed by atoms with van der Waals surface area (Å²) in [6, 6.07) is 13.3. The number of carbonyl (C=O) groups excluding carboxylic acids is 1. The summed E-state index contributed by atoms with van der Waals surface area (Å²) in [5.41, 5.74) is 5.32. The number of thiophene rings is 1. The van der Waals surface area contributed by atoms with Crippen LogP contribution in [-0.4, -0.2) is 36.4 Å². The summed E-state index contributed by atoms with van der Waals surface area (Å²) in [6.45, 7) is 0.999. The van der Waals surface area contributed by atoms with Gasteiger partial charge in [0.15, 0.2) is 17.3 Å². The van der Waals surface area contributed by atoms with Crippen LogP contribution in [0, 0.1) is 0 Å². The molecule has 1 unspecified atom stereocenters. The number of benzene rings is 2. The Hall–Kier alpha value is -3.91. The number of allylic oxidation sites excluding steroid dienone is 2. The lowest BCUT2D eigenvalue weighted by molar-refractivity contribution is 0.0600. The van der Waals surface area contributed by atoms with Crippen LogP contribution in [0.25, 0.3) is 27.2 Å². The molecule has 3 aliphatic rings. The molecule has 0 saturated heterocycles. The quantitative estimate of drug-likeness (QED) is 0.337. The molecule has 0 amide bonds. The van der Waals surface area contributed by atoms with Crippen LogP contribution < -0.4 is 14.8 Å². The third-order valence-electron chi connectivity index (χ3n) is 7.09. The number of methoxy groups -OCH3 is 1. The highest BCUT2D eigenvalue weighted by Crippen LogP contribution is 2.59. The highest BCUT2D eigenvalue weighted by atomic mass is 32.1. The lowest BCUT2D eigenvalue weighted by Gasteiger charge is -2.26. The number of nitrogens with one attached hydrogen (secondary N) is 1. The van der Waals surface area contributed by atoms with Crippen LogP contribution in [0.15, 0.2) is 48.5 Å². The SMILES string of the molecule is COC(=O)c1ccc(-c2nc(NCCc3ccc4c(c3)OCO4)c3c4c(sc3n2)C2CCC=C42)cc1. The maximum Gasteiger partial charge on any atom is 0.337 e. The number of nitrogens with zero attached hydrogens (tertiary/aromatic N) is 2. The van der Waals surface area contributed by atoms with Crippen molar-refractivity contribution in [1.82, 2.24) is 9.97 Å². The predicted molar refractivity (Wildman–Crippen MR) is 139 cm³/mol. The van der Waals surface area contributed by atoms with Gasteiger partial charge in [-0.1, -0.05) is 24.3 Å². The van der Waals surface area contributed by atoms with E-state index in [-0.39, 0.29) is 12.8 Å². The lowest BCUT2D eigenvalue weighted by Crippen LogP contribution is -2.11. The Balaban J connectivity index is 1.23. The Morgan fingerprint density at radius 3 is 2.86 bits per heavy atom. The standard InChI is InChI=1S/C28H23N3O4S/c1-33-28(32)17-8-6-16(7-9-17)25-30-26(29-12-11-15-5-10-20-21(13-15)35-14-34-20)23-22-18-3-2-4-19(18)24(22)36-27(23)31-25/h3,5-10,13,19H,2,4,11-12,14H2,1H3,(H,29,30,31). The second kappa shape index (κ2) is 8.34. The van der Waals surface area contributed by atoms with Crippen molar-refractivity contribution >= 4 is 38.9 Å². The Bertz CT molecular complexity index is 1560. The minimum absolute atomic E-state index is 0.277. The fourth-order valence-corrected chi connectivity index (χ4v) is 6.63. The molecular weight excluding hydrogens is 474 g/mol. The summed E-state index contributed by atoms with van der Waals surface area (Å²) in [4.78, 5) is 24.2. The molecule has 0 radical (unpaired) electrons. The van der Waals surface area contributed by atoms with Crippen LogP contribution in [-0.2, 0) is 11.2 Å². The lowest BCUT2D eigenvalue weighted by atomic mass is 9.80. The average molecular weight is 498 g/mol. The zero-order valence-electron chi connectivity index (χ0n) is 19.7. The fraction of sp³-hybridized carbons (Fsp3) is 0.250. The summed E-state index contributed by atoms with van der Waals surface area (Å²) in [5.74, 6) is 3.30. The molecule has 4 aromatic rings. The molecule has 0 fully saturated rings. The third-order valence-corrected chi connectivity index (χ3v) is 8.28. The van der Waals surface area contributed by atoms with Gasteiger partial charge < -0.3 is 19.5 Å². The van der Waals surface area contributed by atoms with Crippen molar-refractivity contribution in [1.29, 1.82) is 0 Å². The van der Waals surface area contributed by atoms with Crippen LogP contribution in [0.1, 0.15) is 45.1 Å². The van der Waals surface area contributed by atoms with E-state index >= 15 is 0 Å². The monoisotopic (exact) mass is 497 g/mol. The van der Waals surface area contributed by atoms with E-state index in [1.165, 1.54) is 35.1 Å². The van der Waals surface area contributed by atoms with E-state index in [0.29, 0.717) is 17.3 Å². The molecule has 1 atom stereocenters. The van der Waals surface area contributed by atoms with Crippen molar-refractivity contribution in [3.8, 4) is 22.9 Å². The third kappa shape index (κ3) is 3.36. The zero-order chi connectivity index (χ0) is 24.2. The largest absolute Gasteiger partial charge is 0.465 e. The first-order valence-electron chi connectivity index (χ1n) is 12.1. The molecule has 2 aliphatic carbocycles. The van der Waals surface area contributed by atoms with Gasteiger partial charge in [-0.05, 0) is 54.7 Å². The molecule has 1 N–H and O–H groups in total. The van der Waals surface area contributed by atoms with Crippen molar-refractivity contribution < 1.29 is 19.0 Å². The smallest absolute Gasteiger partial charge is 0.337 e. The molecule has 7 nitrogen and oxygen atoms in total. The molecule has 0 bridgehead atoms. The molecule has 8 heteroatoms. The highest BCUT2D eigenvalue weighted by molar-refractivity contribution is 7.19. The Morgan fingerprint density at radius 1 is 1.14 bits per heavy atom. The number of rotatable bonds is 6. The number of anilines is 1. The van der Waals surface area contributed by atoms with Gasteiger partial charge in [0.05, 0.1) is 18.1 Å². The first-order chi connectivity index (χ1) is 17.7. The van der Waals surface area contributed by atoms with E-state index < -0.39 is 0 Å². The molecular formula is C28H23N3O4S. The Labute approximate surface area is 211 Å². The van der Waals surface area contributed by atoms with Crippen molar-refractivity contribution in [3.05, 3.63) is 70.1 Å². The van der Waals surface area contributed by atoms with E-state index in [9.17, 15) is 4.79 Å². The molecule has 7 rings (SSSR count). The average Bonchev–Trinajstić information content (AvgIpc) is 3.62. The number of hydrogen-bond acceptors (Lipinski definition) is 8. The first kappa shape index (κ1) is 21.4. The maximum atomic E-state index is 11.8. The summed E-state index contributed by atoms with van der Waals surface area (Å²) in [7, 11) is 1.38. The molecule has 2 aromatic heterocycles. The minimum atomic E-state index is -0.359. The van der Waals surface area contributed by atoms with Crippen molar-refractivity contribution in [2.75, 3.05) is 25.8 Å². The molecule has 0 spiro atoms. The van der Waals surface area contributed by atoms with Crippen LogP contribution >= 0.6 is 11.3 Å². The van der Waals surface area contributed by atoms with Gasteiger partial charge in [0.1, 0.15) is 10.6 Å². The molecule has 3 heterocycles. The molecule has 2 aromatic carbocycles. The van der Waals surface area contributed by atoms with Gasteiger partial charge in [0.2, 0.25) is 6.79 Å². The van der Waals surface area contributed by atoms with Crippen LogP contribution in [0.3, 0.4) is 0 Å². The normalized spacial score (nSPS) is 16.8. The van der Waals surface area contributed by atoms with Crippen LogP contribution in [0.4, 0.5) is 5.82 Å². The Morgan fingerprint density at radius 2 is 2.00 bits per heavy atom. The summed E-state index contributed by atoms with van der Waals surface area (Å²) < 4.78 is 15.8. The molecule has 1 aliphatic heterocycles. The number of esters is 1. The van der Waals surface area contributed by atoms with Gasteiger partial charge in [-0.3, -0.25) is 0 Å². The summed E-state index contributed by atoms with van der Waals surface area (Å²) in [5, 5.41) is 4.73. The molecule has 36 heavy (non-hydrogen) atoms. The van der Waals surface area contributed by atoms with E-state index in [1.54, 1.807) is 23.5 Å². The maximum absolute atomic E-state index is 11.8. The number of aromatic nitrogens is 2. The molecule has 180 valence electrons. The van der Waals surface area contributed by atoms with Gasteiger partial charge in [-0.15, -0.1) is 11.3 Å². The number of hydrogen-bond donors (Lipinski definition) is 1. The zero-order valence-corrected chi connectivity index (χ0v) is 20.5. The van der Waals surface area contributed by atoms with Crippen LogP contribution in [0.2, 0.25) is 0 Å². The fourth-order valence-electron chi connectivity index (χ4n) is 5.28. The first-order valence-corrected chi connectivity index (χ1v) is 12.9. The van der Waals surface area contributed by atoms with Crippen molar-refractivity contribution in [3.63, 3.8) is 0 Å².